The lowest BCUT2D eigenvalue weighted by Crippen LogP contribution is -2.36. The van der Waals surface area contributed by atoms with Crippen molar-refractivity contribution in [3.05, 3.63) is 35.9 Å². The molecule has 2 atom stereocenters. The molecule has 0 aliphatic heterocycles. The van der Waals surface area contributed by atoms with E-state index >= 15 is 0 Å². The highest BCUT2D eigenvalue weighted by molar-refractivity contribution is 5.19. The van der Waals surface area contributed by atoms with Crippen molar-refractivity contribution in [3.63, 3.8) is 0 Å². The van der Waals surface area contributed by atoms with Gasteiger partial charge in [0.15, 0.2) is 0 Å². The Morgan fingerprint density at radius 3 is 2.24 bits per heavy atom. The van der Waals surface area contributed by atoms with Crippen LogP contribution < -0.4 is 5.73 Å². The zero-order chi connectivity index (χ0) is 12.9. The average molecular weight is 235 g/mol. The maximum absolute atomic E-state index is 6.29. The van der Waals surface area contributed by atoms with E-state index in [2.05, 4.69) is 39.8 Å². The van der Waals surface area contributed by atoms with E-state index < -0.39 is 0 Å². The van der Waals surface area contributed by atoms with Gasteiger partial charge in [-0.25, -0.2) is 0 Å². The molecule has 0 saturated carbocycles. The molecule has 2 unspecified atom stereocenters. The summed E-state index contributed by atoms with van der Waals surface area (Å²) in [5.41, 5.74) is 7.33. The molecule has 0 radical (unpaired) electrons. The van der Waals surface area contributed by atoms with Crippen LogP contribution in [0.2, 0.25) is 0 Å². The topological polar surface area (TPSA) is 35.2 Å². The Labute approximate surface area is 105 Å². The third kappa shape index (κ3) is 4.14. The summed E-state index contributed by atoms with van der Waals surface area (Å²) >= 11 is 0. The maximum Gasteiger partial charge on any atom is 0.0772 e. The fourth-order valence-electron chi connectivity index (χ4n) is 1.79. The summed E-state index contributed by atoms with van der Waals surface area (Å²) in [6.07, 6.45) is 2.00. The third-order valence-corrected chi connectivity index (χ3v) is 3.31. The van der Waals surface area contributed by atoms with Crippen molar-refractivity contribution >= 4 is 0 Å². The monoisotopic (exact) mass is 235 g/mol. The van der Waals surface area contributed by atoms with Crippen molar-refractivity contribution < 1.29 is 4.74 Å². The molecule has 96 valence electrons. The molecule has 2 heteroatoms. The van der Waals surface area contributed by atoms with Gasteiger partial charge in [0.05, 0.1) is 17.7 Å². The Bertz CT molecular complexity index is 321. The fraction of sp³-hybridized carbons (Fsp3) is 0.600. The van der Waals surface area contributed by atoms with Crippen LogP contribution in [0.25, 0.3) is 0 Å². The van der Waals surface area contributed by atoms with E-state index in [1.807, 2.05) is 18.2 Å². The second-order valence-corrected chi connectivity index (χ2v) is 5.11. The molecular weight excluding hydrogens is 210 g/mol. The van der Waals surface area contributed by atoms with Gasteiger partial charge in [0.1, 0.15) is 0 Å². The van der Waals surface area contributed by atoms with E-state index in [-0.39, 0.29) is 17.7 Å². The van der Waals surface area contributed by atoms with Crippen LogP contribution in [0.15, 0.2) is 30.3 Å². The minimum Gasteiger partial charge on any atom is -0.370 e. The van der Waals surface area contributed by atoms with E-state index in [1.54, 1.807) is 0 Å². The van der Waals surface area contributed by atoms with Crippen molar-refractivity contribution in [2.24, 2.45) is 5.73 Å². The lowest BCUT2D eigenvalue weighted by molar-refractivity contribution is -0.0847. The number of ether oxygens (including phenoxy) is 1. The number of hydrogen-bond acceptors (Lipinski definition) is 2. The summed E-state index contributed by atoms with van der Waals surface area (Å²) in [6.45, 7) is 8.50. The quantitative estimate of drug-likeness (QED) is 0.816. The second-order valence-electron chi connectivity index (χ2n) is 5.11. The molecule has 0 aliphatic carbocycles. The van der Waals surface area contributed by atoms with Gasteiger partial charge in [0, 0.05) is 0 Å². The van der Waals surface area contributed by atoms with E-state index in [1.165, 1.54) is 0 Å². The third-order valence-electron chi connectivity index (χ3n) is 3.31. The normalized spacial score (nSPS) is 15.6. The number of hydrogen-bond donors (Lipinski definition) is 1. The molecule has 1 aromatic rings. The Kier molecular flexibility index (Phi) is 5.16. The highest BCUT2D eigenvalue weighted by Crippen LogP contribution is 2.25. The lowest BCUT2D eigenvalue weighted by atomic mass is 9.98. The van der Waals surface area contributed by atoms with Gasteiger partial charge in [-0.2, -0.15) is 0 Å². The zero-order valence-electron chi connectivity index (χ0n) is 11.4. The van der Waals surface area contributed by atoms with Gasteiger partial charge in [-0.15, -0.1) is 0 Å². The minimum atomic E-state index is -0.104. The van der Waals surface area contributed by atoms with Gasteiger partial charge >= 0.3 is 0 Å². The zero-order valence-corrected chi connectivity index (χ0v) is 11.4. The SMILES string of the molecule is CCC(OC(C)(C)CC)C(N)c1ccccc1. The van der Waals surface area contributed by atoms with Crippen molar-refractivity contribution in [2.45, 2.75) is 58.3 Å². The molecule has 2 N–H and O–H groups in total. The molecule has 0 aromatic heterocycles. The van der Waals surface area contributed by atoms with Crippen LogP contribution in [0.4, 0.5) is 0 Å². The molecule has 0 bridgehead atoms. The smallest absolute Gasteiger partial charge is 0.0772 e. The van der Waals surface area contributed by atoms with Crippen LogP contribution in [-0.2, 0) is 4.74 Å². The van der Waals surface area contributed by atoms with Gasteiger partial charge in [0.25, 0.3) is 0 Å². The molecule has 1 aromatic carbocycles. The van der Waals surface area contributed by atoms with Crippen LogP contribution in [-0.4, -0.2) is 11.7 Å². The second kappa shape index (κ2) is 6.18. The average Bonchev–Trinajstić information content (AvgIpc) is 2.36. The Morgan fingerprint density at radius 1 is 1.18 bits per heavy atom. The predicted molar refractivity (Wildman–Crippen MR) is 72.9 cm³/mol. The van der Waals surface area contributed by atoms with Gasteiger partial charge in [-0.05, 0) is 32.3 Å². The van der Waals surface area contributed by atoms with Crippen molar-refractivity contribution in [1.82, 2.24) is 0 Å². The molecule has 2 nitrogen and oxygen atoms in total. The Balaban J connectivity index is 2.74. The largest absolute Gasteiger partial charge is 0.370 e. The highest BCUT2D eigenvalue weighted by atomic mass is 16.5. The molecule has 0 saturated heterocycles. The number of rotatable bonds is 6. The van der Waals surface area contributed by atoms with Crippen molar-refractivity contribution in [2.75, 3.05) is 0 Å². The lowest BCUT2D eigenvalue weighted by Gasteiger charge is -2.33. The first kappa shape index (κ1) is 14.2. The summed E-state index contributed by atoms with van der Waals surface area (Å²) < 4.78 is 6.13. The van der Waals surface area contributed by atoms with Gasteiger partial charge in [-0.1, -0.05) is 44.2 Å². The summed E-state index contributed by atoms with van der Waals surface area (Å²) in [5.74, 6) is 0. The number of nitrogens with two attached hydrogens (primary N) is 1. The first-order valence-corrected chi connectivity index (χ1v) is 6.48. The summed E-state index contributed by atoms with van der Waals surface area (Å²) in [7, 11) is 0. The minimum absolute atomic E-state index is 0.0491. The Hall–Kier alpha value is -0.860. The molecule has 1 rings (SSSR count). The van der Waals surface area contributed by atoms with E-state index in [4.69, 9.17) is 10.5 Å². The van der Waals surface area contributed by atoms with Gasteiger partial charge in [-0.3, -0.25) is 0 Å². The highest BCUT2D eigenvalue weighted by Gasteiger charge is 2.25. The van der Waals surface area contributed by atoms with E-state index in [0.29, 0.717) is 0 Å². The molecule has 17 heavy (non-hydrogen) atoms. The van der Waals surface area contributed by atoms with Crippen molar-refractivity contribution in [1.29, 1.82) is 0 Å². The van der Waals surface area contributed by atoms with Crippen molar-refractivity contribution in [3.8, 4) is 0 Å². The van der Waals surface area contributed by atoms with Crippen LogP contribution in [0.3, 0.4) is 0 Å². The maximum atomic E-state index is 6.29. The van der Waals surface area contributed by atoms with Crippen LogP contribution >= 0.6 is 0 Å². The molecule has 0 aliphatic rings. The van der Waals surface area contributed by atoms with Gasteiger partial charge in [0.2, 0.25) is 0 Å². The van der Waals surface area contributed by atoms with Crippen LogP contribution in [0.5, 0.6) is 0 Å². The Morgan fingerprint density at radius 2 is 1.76 bits per heavy atom. The van der Waals surface area contributed by atoms with Crippen LogP contribution in [0.1, 0.15) is 52.1 Å². The molecule has 0 heterocycles. The van der Waals surface area contributed by atoms with Crippen LogP contribution in [0, 0.1) is 0 Å². The summed E-state index contributed by atoms with van der Waals surface area (Å²) in [5, 5.41) is 0. The fourth-order valence-corrected chi connectivity index (χ4v) is 1.79. The first-order valence-electron chi connectivity index (χ1n) is 6.48. The summed E-state index contributed by atoms with van der Waals surface area (Å²) in [6, 6.07) is 10.1. The van der Waals surface area contributed by atoms with E-state index in [9.17, 15) is 0 Å². The first-order chi connectivity index (χ1) is 8.00. The molecular formula is C15H25NO. The number of benzene rings is 1. The molecule has 0 amide bonds. The molecule has 0 spiro atoms. The summed E-state index contributed by atoms with van der Waals surface area (Å²) in [4.78, 5) is 0. The predicted octanol–water partition coefficient (Wildman–Crippen LogP) is 3.67. The molecule has 0 fully saturated rings. The van der Waals surface area contributed by atoms with E-state index in [0.717, 1.165) is 18.4 Å². The van der Waals surface area contributed by atoms with Gasteiger partial charge < -0.3 is 10.5 Å². The standard InChI is InChI=1S/C15H25NO/c1-5-13(17-15(3,4)6-2)14(16)12-10-8-7-9-11-12/h7-11,13-14H,5-6,16H2,1-4H3.